The summed E-state index contributed by atoms with van der Waals surface area (Å²) in [7, 11) is 0. The molecule has 0 bridgehead atoms. The molecule has 0 aliphatic rings. The second-order valence-corrected chi connectivity index (χ2v) is 7.66. The fourth-order valence-corrected chi connectivity index (χ4v) is 3.70. The van der Waals surface area contributed by atoms with Crippen LogP contribution in [0.1, 0.15) is 12.7 Å². The molecule has 0 fully saturated rings. The quantitative estimate of drug-likeness (QED) is 0.655. The number of rotatable bonds is 6. The lowest BCUT2D eigenvalue weighted by Gasteiger charge is -2.13. The average molecular weight is 374 g/mol. The van der Waals surface area contributed by atoms with Gasteiger partial charge in [-0.3, -0.25) is 4.79 Å². The Hall–Kier alpha value is -1.98. The number of hydrogen-bond donors (Lipinski definition) is 1. The fraction of sp³-hybridized carbons (Fsp3) is 0.263. The number of carbonyl (C=O) groups excluding carboxylic acids is 1. The molecule has 0 aliphatic heterocycles. The van der Waals surface area contributed by atoms with E-state index in [1.165, 1.54) is 11.8 Å². The van der Waals surface area contributed by atoms with Gasteiger partial charge in [-0.2, -0.15) is 0 Å². The van der Waals surface area contributed by atoms with E-state index in [-0.39, 0.29) is 11.2 Å². The minimum atomic E-state index is -0.165. The Kier molecular flexibility index (Phi) is 5.66. The highest BCUT2D eigenvalue weighted by molar-refractivity contribution is 8.00. The molecule has 0 saturated heterocycles. The van der Waals surface area contributed by atoms with Gasteiger partial charge in [-0.25, -0.2) is 4.98 Å². The first-order valence-corrected chi connectivity index (χ1v) is 9.42. The molecule has 1 atom stereocenters. The van der Waals surface area contributed by atoms with Crippen molar-refractivity contribution in [2.75, 3.05) is 6.54 Å². The Labute approximate surface area is 156 Å². The molecule has 3 rings (SSSR count). The van der Waals surface area contributed by atoms with E-state index in [2.05, 4.69) is 20.9 Å². The normalized spacial score (nSPS) is 12.3. The van der Waals surface area contributed by atoms with Gasteiger partial charge in [0.1, 0.15) is 5.82 Å². The van der Waals surface area contributed by atoms with Crippen LogP contribution in [0.4, 0.5) is 0 Å². The van der Waals surface area contributed by atoms with Crippen molar-refractivity contribution in [3.8, 4) is 0 Å². The van der Waals surface area contributed by atoms with Crippen LogP contribution < -0.4 is 5.32 Å². The third kappa shape index (κ3) is 4.35. The summed E-state index contributed by atoms with van der Waals surface area (Å²) in [5.41, 5.74) is 2.08. The molecule has 0 spiro atoms. The molecule has 130 valence electrons. The summed E-state index contributed by atoms with van der Waals surface area (Å²) < 4.78 is 2.13. The largest absolute Gasteiger partial charge is 0.353 e. The van der Waals surface area contributed by atoms with E-state index >= 15 is 0 Å². The van der Waals surface area contributed by atoms with E-state index in [1.54, 1.807) is 0 Å². The average Bonchev–Trinajstić information content (AvgIpc) is 2.92. The number of para-hydroxylation sites is 2. The third-order valence-corrected chi connectivity index (χ3v) is 5.34. The van der Waals surface area contributed by atoms with Crippen molar-refractivity contribution < 1.29 is 4.79 Å². The number of halogens is 1. The SMILES string of the molecule is Cc1nc2ccccc2n1CCNC(=O)C(C)Sc1ccc(Cl)cc1. The van der Waals surface area contributed by atoms with Gasteiger partial charge in [-0.15, -0.1) is 11.8 Å². The number of imidazole rings is 1. The van der Waals surface area contributed by atoms with Crippen LogP contribution in [0.5, 0.6) is 0 Å². The van der Waals surface area contributed by atoms with E-state index in [0.29, 0.717) is 18.1 Å². The second kappa shape index (κ2) is 7.93. The Morgan fingerprint density at radius 3 is 2.72 bits per heavy atom. The van der Waals surface area contributed by atoms with Crippen LogP contribution in [0.3, 0.4) is 0 Å². The van der Waals surface area contributed by atoms with Crippen LogP contribution in [0.25, 0.3) is 11.0 Å². The highest BCUT2D eigenvalue weighted by atomic mass is 35.5. The third-order valence-electron chi connectivity index (χ3n) is 3.98. The number of benzene rings is 2. The van der Waals surface area contributed by atoms with Crippen molar-refractivity contribution in [1.29, 1.82) is 0 Å². The van der Waals surface area contributed by atoms with Gasteiger partial charge in [0.2, 0.25) is 5.91 Å². The number of thioether (sulfide) groups is 1. The lowest BCUT2D eigenvalue weighted by Crippen LogP contribution is -2.33. The van der Waals surface area contributed by atoms with E-state index in [4.69, 9.17) is 11.6 Å². The summed E-state index contributed by atoms with van der Waals surface area (Å²) in [5.74, 6) is 0.987. The minimum Gasteiger partial charge on any atom is -0.353 e. The molecule has 1 N–H and O–H groups in total. The van der Waals surface area contributed by atoms with E-state index in [1.807, 2.05) is 56.3 Å². The first-order chi connectivity index (χ1) is 12.0. The summed E-state index contributed by atoms with van der Waals surface area (Å²) >= 11 is 7.41. The lowest BCUT2D eigenvalue weighted by molar-refractivity contribution is -0.120. The Morgan fingerprint density at radius 2 is 1.96 bits per heavy atom. The van der Waals surface area contributed by atoms with Gasteiger partial charge >= 0.3 is 0 Å². The number of nitrogens with one attached hydrogen (secondary N) is 1. The summed E-state index contributed by atoms with van der Waals surface area (Å²) in [6, 6.07) is 15.6. The molecule has 2 aromatic carbocycles. The lowest BCUT2D eigenvalue weighted by atomic mass is 10.3. The highest BCUT2D eigenvalue weighted by Gasteiger charge is 2.14. The highest BCUT2D eigenvalue weighted by Crippen LogP contribution is 2.24. The molecule has 25 heavy (non-hydrogen) atoms. The van der Waals surface area contributed by atoms with Gasteiger partial charge in [0.15, 0.2) is 0 Å². The summed E-state index contributed by atoms with van der Waals surface area (Å²) in [4.78, 5) is 17.9. The van der Waals surface area contributed by atoms with E-state index in [9.17, 15) is 4.79 Å². The zero-order valence-electron chi connectivity index (χ0n) is 14.2. The maximum absolute atomic E-state index is 12.3. The van der Waals surface area contributed by atoms with Crippen LogP contribution in [0.2, 0.25) is 5.02 Å². The number of carbonyl (C=O) groups is 1. The van der Waals surface area contributed by atoms with Crippen molar-refractivity contribution in [2.24, 2.45) is 0 Å². The number of aryl methyl sites for hydroxylation is 1. The molecule has 1 heterocycles. The number of aromatic nitrogens is 2. The van der Waals surface area contributed by atoms with E-state index in [0.717, 1.165) is 21.8 Å². The molecule has 3 aromatic rings. The molecular weight excluding hydrogens is 354 g/mol. The monoisotopic (exact) mass is 373 g/mol. The molecule has 0 aliphatic carbocycles. The first kappa shape index (κ1) is 17.8. The smallest absolute Gasteiger partial charge is 0.233 e. The zero-order valence-corrected chi connectivity index (χ0v) is 15.8. The number of fused-ring (bicyclic) bond motifs is 1. The van der Waals surface area contributed by atoms with Crippen molar-refractivity contribution in [3.63, 3.8) is 0 Å². The predicted octanol–water partition coefficient (Wildman–Crippen LogP) is 4.30. The van der Waals surface area contributed by atoms with Crippen molar-refractivity contribution in [1.82, 2.24) is 14.9 Å². The van der Waals surface area contributed by atoms with Crippen LogP contribution >= 0.6 is 23.4 Å². The minimum absolute atomic E-state index is 0.0297. The van der Waals surface area contributed by atoms with Gasteiger partial charge in [0.05, 0.1) is 16.3 Å². The summed E-state index contributed by atoms with van der Waals surface area (Å²) in [6.07, 6.45) is 0. The van der Waals surface area contributed by atoms with Crippen molar-refractivity contribution in [3.05, 3.63) is 59.4 Å². The number of amides is 1. The second-order valence-electron chi connectivity index (χ2n) is 5.80. The van der Waals surface area contributed by atoms with Gasteiger partial charge in [-0.05, 0) is 50.2 Å². The van der Waals surface area contributed by atoms with Crippen molar-refractivity contribution in [2.45, 2.75) is 30.5 Å². The Bertz CT molecular complexity index is 876. The van der Waals surface area contributed by atoms with Crippen LogP contribution in [0.15, 0.2) is 53.4 Å². The Balaban J connectivity index is 1.55. The first-order valence-electron chi connectivity index (χ1n) is 8.16. The molecule has 1 amide bonds. The molecule has 1 unspecified atom stereocenters. The molecule has 0 radical (unpaired) electrons. The number of nitrogens with zero attached hydrogens (tertiary/aromatic N) is 2. The molecule has 0 saturated carbocycles. The van der Waals surface area contributed by atoms with E-state index < -0.39 is 0 Å². The van der Waals surface area contributed by atoms with Crippen LogP contribution in [-0.2, 0) is 11.3 Å². The summed E-state index contributed by atoms with van der Waals surface area (Å²) in [6.45, 7) is 5.18. The van der Waals surface area contributed by atoms with Gasteiger partial charge in [-0.1, -0.05) is 23.7 Å². The number of hydrogen-bond acceptors (Lipinski definition) is 3. The van der Waals surface area contributed by atoms with Crippen LogP contribution in [0, 0.1) is 6.92 Å². The maximum Gasteiger partial charge on any atom is 0.233 e. The molecule has 6 heteroatoms. The van der Waals surface area contributed by atoms with Gasteiger partial charge < -0.3 is 9.88 Å². The molecule has 4 nitrogen and oxygen atoms in total. The fourth-order valence-electron chi connectivity index (χ4n) is 2.68. The van der Waals surface area contributed by atoms with Gasteiger partial charge in [0.25, 0.3) is 0 Å². The topological polar surface area (TPSA) is 46.9 Å². The molecular formula is C19H20ClN3OS. The van der Waals surface area contributed by atoms with Crippen LogP contribution in [-0.4, -0.2) is 27.3 Å². The van der Waals surface area contributed by atoms with Crippen molar-refractivity contribution >= 4 is 40.3 Å². The summed E-state index contributed by atoms with van der Waals surface area (Å²) in [5, 5.41) is 3.54. The molecule has 1 aromatic heterocycles. The standard InChI is InChI=1S/C19H20ClN3OS/c1-13(25-16-9-7-15(20)8-10-16)19(24)21-11-12-23-14(2)22-17-5-3-4-6-18(17)23/h3-10,13H,11-12H2,1-2H3,(H,21,24). The Morgan fingerprint density at radius 1 is 1.24 bits per heavy atom. The predicted molar refractivity (Wildman–Crippen MR) is 104 cm³/mol. The van der Waals surface area contributed by atoms with Gasteiger partial charge in [0, 0.05) is 23.0 Å². The maximum atomic E-state index is 12.3. The zero-order chi connectivity index (χ0) is 17.8.